The Morgan fingerprint density at radius 2 is 1.97 bits per heavy atom. The molecule has 0 aliphatic rings. The van der Waals surface area contributed by atoms with E-state index in [-0.39, 0.29) is 45.6 Å². The van der Waals surface area contributed by atoms with Crippen LogP contribution in [0.3, 0.4) is 0 Å². The van der Waals surface area contributed by atoms with E-state index in [1.54, 1.807) is 25.1 Å². The van der Waals surface area contributed by atoms with E-state index in [1.807, 2.05) is 6.11 Å². The maximum atomic E-state index is 13.8. The Bertz CT molecular complexity index is 1440. The van der Waals surface area contributed by atoms with Gasteiger partial charge >= 0.3 is 6.18 Å². The number of hydrogen-bond donors (Lipinski definition) is 1. The summed E-state index contributed by atoms with van der Waals surface area (Å²) in [7, 11) is 0. The minimum atomic E-state index is -4.76. The first-order chi connectivity index (χ1) is 15.3. The number of ether oxygens (including phenoxy) is 1. The quantitative estimate of drug-likeness (QED) is 0.379. The molecule has 3 heterocycles. The minimum absolute atomic E-state index is 0.0867. The predicted molar refractivity (Wildman–Crippen MR) is 108 cm³/mol. The maximum absolute atomic E-state index is 13.8. The van der Waals surface area contributed by atoms with Crippen molar-refractivity contribution >= 4 is 11.4 Å². The van der Waals surface area contributed by atoms with Gasteiger partial charge in [-0.1, -0.05) is 36.8 Å². The molecular weight excluding hydrogens is 427 g/mol. The smallest absolute Gasteiger partial charge is 0.413 e. The second kappa shape index (κ2) is 7.73. The summed E-state index contributed by atoms with van der Waals surface area (Å²) in [5.74, 6) is -0.255. The number of nitrogens with zero attached hydrogens (tertiary/aromatic N) is 4. The van der Waals surface area contributed by atoms with Crippen LogP contribution in [0.4, 0.5) is 13.2 Å². The summed E-state index contributed by atoms with van der Waals surface area (Å²) in [6.07, 6.45) is 3.79. The van der Waals surface area contributed by atoms with Crippen molar-refractivity contribution in [1.82, 2.24) is 24.8 Å². The summed E-state index contributed by atoms with van der Waals surface area (Å²) >= 11 is 0. The van der Waals surface area contributed by atoms with Crippen LogP contribution < -0.4 is 5.56 Å². The molecule has 0 aliphatic carbocycles. The Labute approximate surface area is 178 Å². The van der Waals surface area contributed by atoms with Gasteiger partial charge in [-0.05, 0) is 25.5 Å². The molecule has 32 heavy (non-hydrogen) atoms. The average Bonchev–Trinajstić information content (AvgIpc) is 3.38. The van der Waals surface area contributed by atoms with Gasteiger partial charge in [-0.3, -0.25) is 9.89 Å². The van der Waals surface area contributed by atoms with Gasteiger partial charge in [-0.25, -0.2) is 4.98 Å². The van der Waals surface area contributed by atoms with Gasteiger partial charge in [-0.2, -0.15) is 17.7 Å². The zero-order chi connectivity index (χ0) is 23.0. The number of rotatable bonds is 4. The van der Waals surface area contributed by atoms with Crippen molar-refractivity contribution in [2.45, 2.75) is 20.0 Å². The van der Waals surface area contributed by atoms with Gasteiger partial charge in [0.1, 0.15) is 17.4 Å². The molecule has 0 radical (unpaired) electrons. The average molecular weight is 441 g/mol. The van der Waals surface area contributed by atoms with Crippen LogP contribution in [0.15, 0.2) is 45.6 Å². The molecule has 3 aromatic heterocycles. The van der Waals surface area contributed by atoms with Gasteiger partial charge < -0.3 is 9.15 Å². The lowest BCUT2D eigenvalue weighted by molar-refractivity contribution is -0.140. The Morgan fingerprint density at radius 1 is 1.25 bits per heavy atom. The number of H-pyrrole nitrogens is 1. The topological polar surface area (TPSA) is 98.3 Å². The van der Waals surface area contributed by atoms with Gasteiger partial charge in [0, 0.05) is 0 Å². The summed E-state index contributed by atoms with van der Waals surface area (Å²) < 4.78 is 52.5. The van der Waals surface area contributed by atoms with Crippen LogP contribution in [0.1, 0.15) is 24.2 Å². The van der Waals surface area contributed by atoms with Gasteiger partial charge in [0.15, 0.2) is 11.4 Å². The highest BCUT2D eigenvalue weighted by Gasteiger charge is 2.38. The summed E-state index contributed by atoms with van der Waals surface area (Å²) in [5.41, 5.74) is -2.16. The highest BCUT2D eigenvalue weighted by atomic mass is 19.4. The summed E-state index contributed by atoms with van der Waals surface area (Å²) in [6, 6.07) is 7.86. The highest BCUT2D eigenvalue weighted by Crippen LogP contribution is 2.38. The van der Waals surface area contributed by atoms with Crippen molar-refractivity contribution in [3.63, 3.8) is 0 Å². The van der Waals surface area contributed by atoms with E-state index in [0.717, 1.165) is 0 Å². The molecule has 4 aromatic rings. The van der Waals surface area contributed by atoms with Crippen LogP contribution in [-0.4, -0.2) is 24.8 Å². The lowest BCUT2D eigenvalue weighted by Crippen LogP contribution is -2.20. The van der Waals surface area contributed by atoms with E-state index < -0.39 is 17.4 Å². The second-order valence-electron chi connectivity index (χ2n) is 6.55. The lowest BCUT2D eigenvalue weighted by atomic mass is 10.1. The van der Waals surface area contributed by atoms with E-state index >= 15 is 0 Å². The van der Waals surface area contributed by atoms with Gasteiger partial charge in [0.25, 0.3) is 17.3 Å². The van der Waals surface area contributed by atoms with Crippen molar-refractivity contribution in [3.8, 4) is 35.1 Å². The number of nitrogens with one attached hydrogen (secondary N) is 1. The molecule has 1 aromatic carbocycles. The van der Waals surface area contributed by atoms with Crippen molar-refractivity contribution in [2.24, 2.45) is 0 Å². The minimum Gasteiger partial charge on any atom is -0.413 e. The number of terminal acetylenes is 1. The van der Waals surface area contributed by atoms with E-state index in [1.165, 1.54) is 25.1 Å². The maximum Gasteiger partial charge on any atom is 0.433 e. The van der Waals surface area contributed by atoms with Gasteiger partial charge in [0.05, 0.1) is 11.3 Å². The third-order valence-electron chi connectivity index (χ3n) is 4.59. The molecule has 0 unspecified atom stereocenters. The van der Waals surface area contributed by atoms with Crippen LogP contribution in [0, 0.1) is 19.5 Å². The third kappa shape index (κ3) is 3.41. The Hall–Kier alpha value is -4.33. The zero-order valence-corrected chi connectivity index (χ0v) is 16.7. The number of aryl methyl sites for hydroxylation is 1. The third-order valence-corrected chi connectivity index (χ3v) is 4.59. The Kier molecular flexibility index (Phi) is 5.06. The molecule has 0 spiro atoms. The molecule has 0 bridgehead atoms. The fraction of sp³-hybridized carbons (Fsp3) is 0.143. The molecule has 8 nitrogen and oxygen atoms in total. The lowest BCUT2D eigenvalue weighted by Gasteiger charge is -2.07. The molecule has 1 N–H and O–H groups in total. The van der Waals surface area contributed by atoms with Crippen LogP contribution >= 0.6 is 0 Å². The normalized spacial score (nSPS) is 12.2. The highest BCUT2D eigenvalue weighted by molar-refractivity contribution is 5.81. The van der Waals surface area contributed by atoms with Crippen LogP contribution in [0.25, 0.3) is 34.0 Å². The number of hydrogen-bond acceptors (Lipinski definition) is 6. The monoisotopic (exact) mass is 441 g/mol. The summed E-state index contributed by atoms with van der Waals surface area (Å²) in [4.78, 5) is 17.4. The first-order valence-electron chi connectivity index (χ1n) is 9.17. The number of fused-ring (bicyclic) bond motifs is 1. The molecule has 0 atom stereocenters. The summed E-state index contributed by atoms with van der Waals surface area (Å²) in [5, 5.41) is 9.72. The Balaban J connectivity index is 1.97. The number of alkyl halides is 3. The zero-order valence-electron chi connectivity index (χ0n) is 16.7. The van der Waals surface area contributed by atoms with Crippen LogP contribution in [0.5, 0.6) is 0 Å². The second-order valence-corrected chi connectivity index (χ2v) is 6.55. The van der Waals surface area contributed by atoms with Crippen molar-refractivity contribution in [3.05, 3.63) is 64.0 Å². The number of benzene rings is 1. The molecule has 0 saturated heterocycles. The molecule has 0 aliphatic heterocycles. The molecule has 4 rings (SSSR count). The van der Waals surface area contributed by atoms with Crippen molar-refractivity contribution in [2.75, 3.05) is 0 Å². The van der Waals surface area contributed by atoms with Crippen LogP contribution in [-0.2, 0) is 10.9 Å². The molecule has 162 valence electrons. The molecular formula is C21H14F3N5O3. The molecule has 11 heteroatoms. The van der Waals surface area contributed by atoms with Gasteiger partial charge in [-0.15, -0.1) is 10.2 Å². The summed E-state index contributed by atoms with van der Waals surface area (Å²) in [6.45, 7) is 3.08. The largest absolute Gasteiger partial charge is 0.433 e. The first-order valence-corrected chi connectivity index (χ1v) is 9.17. The molecule has 0 fully saturated rings. The number of aromatic nitrogens is 5. The fourth-order valence-corrected chi connectivity index (χ4v) is 3.22. The van der Waals surface area contributed by atoms with E-state index in [0.29, 0.717) is 4.52 Å². The Morgan fingerprint density at radius 3 is 2.59 bits per heavy atom. The molecule has 0 amide bonds. The van der Waals surface area contributed by atoms with Crippen molar-refractivity contribution in [1.29, 1.82) is 0 Å². The fourth-order valence-electron chi connectivity index (χ4n) is 3.22. The molecule has 0 saturated carbocycles. The number of halogens is 3. The predicted octanol–water partition coefficient (Wildman–Crippen LogP) is 4.03. The van der Waals surface area contributed by atoms with Crippen LogP contribution in [0.2, 0.25) is 0 Å². The standard InChI is InChI=1S/C21H14F3N5O3/c1-4-13(31-5-2)18-26-27-19(32-18)14-11(3)25-17-15(12-9-7-6-8-10-12)16(21(22,23)24)28-29(17)20(14)30/h2,4,6-10,28H,1,3H3/b13-4-. The van der Waals surface area contributed by atoms with E-state index in [4.69, 9.17) is 15.6 Å². The van der Waals surface area contributed by atoms with Gasteiger partial charge in [0.2, 0.25) is 0 Å². The van der Waals surface area contributed by atoms with E-state index in [9.17, 15) is 18.0 Å². The SMILES string of the molecule is C#CO/C(=C\C)c1nnc(-c2c(C)nc3c(-c4ccccc4)c(C(F)(F)F)[nH]n3c2=O)o1. The number of allylic oxidation sites excluding steroid dienone is 1. The van der Waals surface area contributed by atoms with E-state index in [2.05, 4.69) is 20.3 Å². The number of aromatic amines is 1. The first kappa shape index (κ1) is 20.9. The van der Waals surface area contributed by atoms with Crippen molar-refractivity contribution < 1.29 is 22.3 Å².